The molecule has 0 bridgehead atoms. The van der Waals surface area contributed by atoms with Crippen molar-refractivity contribution in [3.8, 4) is 0 Å². The van der Waals surface area contributed by atoms with Gasteiger partial charge < -0.3 is 5.32 Å². The third kappa shape index (κ3) is 4.90. The molecular formula is C17H24FNO2S. The van der Waals surface area contributed by atoms with Gasteiger partial charge in [-0.2, -0.15) is 0 Å². The molecule has 122 valence electrons. The minimum Gasteiger partial charge on any atom is -0.355 e. The molecule has 1 aromatic carbocycles. The van der Waals surface area contributed by atoms with Crippen LogP contribution < -0.4 is 5.32 Å². The highest BCUT2D eigenvalue weighted by Crippen LogP contribution is 2.22. The first-order valence-corrected chi connectivity index (χ1v) is 9.34. The van der Waals surface area contributed by atoms with Crippen LogP contribution >= 0.6 is 0 Å². The fourth-order valence-corrected chi connectivity index (χ4v) is 3.91. The predicted octanol–water partition coefficient (Wildman–Crippen LogP) is 3.16. The molecule has 0 spiro atoms. The summed E-state index contributed by atoms with van der Waals surface area (Å²) >= 11 is 0. The van der Waals surface area contributed by atoms with Gasteiger partial charge in [-0.3, -0.25) is 9.00 Å². The summed E-state index contributed by atoms with van der Waals surface area (Å²) in [5, 5.41) is 2.29. The molecule has 2 rings (SSSR count). The van der Waals surface area contributed by atoms with Crippen molar-refractivity contribution >= 4 is 16.7 Å². The predicted molar refractivity (Wildman–Crippen MR) is 87.3 cm³/mol. The van der Waals surface area contributed by atoms with Crippen LogP contribution in [0.15, 0.2) is 24.3 Å². The van der Waals surface area contributed by atoms with Gasteiger partial charge in [0.2, 0.25) is 5.91 Å². The summed E-state index contributed by atoms with van der Waals surface area (Å²) in [6, 6.07) is 6.27. The zero-order valence-electron chi connectivity index (χ0n) is 13.0. The minimum atomic E-state index is -1.41. The first-order valence-electron chi connectivity index (χ1n) is 7.96. The number of nitrogens with one attached hydrogen (secondary N) is 1. The zero-order chi connectivity index (χ0) is 15.9. The third-order valence-corrected chi connectivity index (χ3v) is 5.91. The van der Waals surface area contributed by atoms with E-state index in [2.05, 4.69) is 5.32 Å². The monoisotopic (exact) mass is 325 g/mol. The first kappa shape index (κ1) is 17.1. The van der Waals surface area contributed by atoms with E-state index in [4.69, 9.17) is 0 Å². The van der Waals surface area contributed by atoms with Crippen LogP contribution in [0.1, 0.15) is 44.6 Å². The van der Waals surface area contributed by atoms with Gasteiger partial charge in [0.1, 0.15) is 11.1 Å². The van der Waals surface area contributed by atoms with Crippen molar-refractivity contribution in [3.05, 3.63) is 35.6 Å². The lowest BCUT2D eigenvalue weighted by molar-refractivity contribution is -0.120. The van der Waals surface area contributed by atoms with Gasteiger partial charge in [0, 0.05) is 22.9 Å². The number of carbonyl (C=O) groups excluding carboxylic acids is 1. The van der Waals surface area contributed by atoms with Crippen LogP contribution in [0.2, 0.25) is 0 Å². The van der Waals surface area contributed by atoms with Gasteiger partial charge in [-0.25, -0.2) is 4.39 Å². The second kappa shape index (κ2) is 8.42. The number of amides is 1. The second-order valence-corrected chi connectivity index (χ2v) is 7.77. The summed E-state index contributed by atoms with van der Waals surface area (Å²) in [4.78, 5) is 12.1. The van der Waals surface area contributed by atoms with Gasteiger partial charge in [-0.05, 0) is 31.7 Å². The van der Waals surface area contributed by atoms with E-state index < -0.39 is 16.0 Å². The third-order valence-electron chi connectivity index (χ3n) is 4.31. The van der Waals surface area contributed by atoms with Crippen molar-refractivity contribution in [3.63, 3.8) is 0 Å². The van der Waals surface area contributed by atoms with E-state index in [1.165, 1.54) is 25.3 Å². The van der Waals surface area contributed by atoms with Crippen LogP contribution in [0, 0.1) is 11.7 Å². The van der Waals surface area contributed by atoms with Crippen LogP contribution in [0.3, 0.4) is 0 Å². The molecule has 5 heteroatoms. The Hall–Kier alpha value is -1.23. The fourth-order valence-electron chi connectivity index (χ4n) is 2.79. The van der Waals surface area contributed by atoms with Gasteiger partial charge in [0.05, 0.1) is 5.75 Å². The molecule has 1 saturated carbocycles. The number of hydrogen-bond donors (Lipinski definition) is 1. The molecule has 0 saturated heterocycles. The van der Waals surface area contributed by atoms with Crippen LogP contribution in [0.4, 0.5) is 4.39 Å². The summed E-state index contributed by atoms with van der Waals surface area (Å²) in [7, 11) is -1.41. The van der Waals surface area contributed by atoms with E-state index in [0.29, 0.717) is 18.0 Å². The number of benzene rings is 1. The Bertz CT molecular complexity index is 529. The molecule has 0 unspecified atom stereocenters. The van der Waals surface area contributed by atoms with Crippen molar-refractivity contribution < 1.29 is 13.4 Å². The molecule has 1 N–H and O–H groups in total. The van der Waals surface area contributed by atoms with Crippen molar-refractivity contribution in [2.24, 2.45) is 5.92 Å². The smallest absolute Gasteiger partial charge is 0.235 e. The lowest BCUT2D eigenvalue weighted by Crippen LogP contribution is -2.38. The highest BCUT2D eigenvalue weighted by atomic mass is 32.2. The summed E-state index contributed by atoms with van der Waals surface area (Å²) in [5.41, 5.74) is 0.396. The molecule has 3 nitrogen and oxygen atoms in total. The van der Waals surface area contributed by atoms with Crippen molar-refractivity contribution in [1.29, 1.82) is 0 Å². The van der Waals surface area contributed by atoms with Crippen LogP contribution in [0.5, 0.6) is 0 Å². The Balaban J connectivity index is 1.81. The molecule has 1 amide bonds. The highest BCUT2D eigenvalue weighted by molar-refractivity contribution is 7.85. The molecule has 0 aromatic heterocycles. The summed E-state index contributed by atoms with van der Waals surface area (Å²) in [6.07, 6.45) is 6.07. The number of hydrogen-bond acceptors (Lipinski definition) is 2. The fraction of sp³-hybridized carbons (Fsp3) is 0.588. The minimum absolute atomic E-state index is 0.0741. The molecule has 1 fully saturated rings. The maximum absolute atomic E-state index is 13.6. The van der Waals surface area contributed by atoms with Gasteiger partial charge in [-0.15, -0.1) is 0 Å². The maximum atomic E-state index is 13.6. The molecule has 0 heterocycles. The average molecular weight is 325 g/mol. The summed E-state index contributed by atoms with van der Waals surface area (Å²) < 4.78 is 25.8. The van der Waals surface area contributed by atoms with Crippen molar-refractivity contribution in [1.82, 2.24) is 5.32 Å². The topological polar surface area (TPSA) is 46.2 Å². The van der Waals surface area contributed by atoms with Crippen molar-refractivity contribution in [2.45, 2.75) is 50.0 Å². The normalized spacial score (nSPS) is 18.6. The quantitative estimate of drug-likeness (QED) is 0.873. The summed E-state index contributed by atoms with van der Waals surface area (Å²) in [6.45, 7) is 2.31. The van der Waals surface area contributed by atoms with Crippen LogP contribution in [0.25, 0.3) is 0 Å². The lowest BCUT2D eigenvalue weighted by atomic mass is 9.89. The highest BCUT2D eigenvalue weighted by Gasteiger charge is 2.22. The number of carbonyl (C=O) groups is 1. The van der Waals surface area contributed by atoms with Gasteiger partial charge in [-0.1, -0.05) is 37.5 Å². The van der Waals surface area contributed by atoms with Gasteiger partial charge >= 0.3 is 0 Å². The SMILES string of the molecule is C[C@@H](C(=O)NCC1CCCCC1)[S@@](=O)Cc1ccccc1F. The van der Waals surface area contributed by atoms with E-state index in [0.717, 1.165) is 12.8 Å². The van der Waals surface area contributed by atoms with Crippen molar-refractivity contribution in [2.75, 3.05) is 6.54 Å². The molecule has 22 heavy (non-hydrogen) atoms. The number of rotatable bonds is 6. The molecule has 0 radical (unpaired) electrons. The van der Waals surface area contributed by atoms with Gasteiger partial charge in [0.15, 0.2) is 0 Å². The van der Waals surface area contributed by atoms with E-state index >= 15 is 0 Å². The standard InChI is InChI=1S/C17H24FNO2S/c1-13(17(20)19-11-14-7-3-2-4-8-14)22(21)12-15-9-5-6-10-16(15)18/h5-6,9-10,13-14H,2-4,7-8,11-12H2,1H3,(H,19,20)/t13-,22-/m0/s1. The van der Waals surface area contributed by atoms with Crippen LogP contribution in [-0.4, -0.2) is 21.9 Å². The molecule has 1 aliphatic carbocycles. The second-order valence-electron chi connectivity index (χ2n) is 6.01. The van der Waals surface area contributed by atoms with E-state index in [9.17, 15) is 13.4 Å². The Kier molecular flexibility index (Phi) is 6.55. The Morgan fingerprint density at radius 3 is 2.68 bits per heavy atom. The van der Waals surface area contributed by atoms with E-state index in [-0.39, 0.29) is 17.5 Å². The lowest BCUT2D eigenvalue weighted by Gasteiger charge is -2.22. The molecule has 1 aromatic rings. The first-order chi connectivity index (χ1) is 10.6. The zero-order valence-corrected chi connectivity index (χ0v) is 13.8. The number of halogens is 1. The van der Waals surface area contributed by atoms with E-state index in [1.54, 1.807) is 25.1 Å². The van der Waals surface area contributed by atoms with Crippen LogP contribution in [-0.2, 0) is 21.3 Å². The largest absolute Gasteiger partial charge is 0.355 e. The molecule has 1 aliphatic rings. The molecule has 2 atom stereocenters. The Labute approximate surface area is 134 Å². The Morgan fingerprint density at radius 2 is 2.00 bits per heavy atom. The average Bonchev–Trinajstić information content (AvgIpc) is 2.55. The Morgan fingerprint density at radius 1 is 1.32 bits per heavy atom. The molecular weight excluding hydrogens is 301 g/mol. The van der Waals surface area contributed by atoms with E-state index in [1.807, 2.05) is 0 Å². The molecule has 0 aliphatic heterocycles. The van der Waals surface area contributed by atoms with Gasteiger partial charge in [0.25, 0.3) is 0 Å². The summed E-state index contributed by atoms with van der Waals surface area (Å²) in [5.74, 6) is 0.0563. The maximum Gasteiger partial charge on any atom is 0.235 e.